The topological polar surface area (TPSA) is 61.8 Å². The first-order valence-electron chi connectivity index (χ1n) is 6.01. The smallest absolute Gasteiger partial charge is 0.313 e. The first kappa shape index (κ1) is 14.1. The van der Waals surface area contributed by atoms with Crippen molar-refractivity contribution in [3.8, 4) is 0 Å². The Balaban J connectivity index is 2.13. The molecular weight excluding hydrogens is 224 g/mol. The van der Waals surface area contributed by atoms with E-state index in [4.69, 9.17) is 14.2 Å². The van der Waals surface area contributed by atoms with E-state index >= 15 is 0 Å². The van der Waals surface area contributed by atoms with Crippen molar-refractivity contribution >= 4 is 11.8 Å². The minimum absolute atomic E-state index is 0.0925. The van der Waals surface area contributed by atoms with Gasteiger partial charge in [-0.1, -0.05) is 0 Å². The molecule has 0 radical (unpaired) electrons. The minimum atomic E-state index is -0.551. The second-order valence-electron chi connectivity index (χ2n) is 4.20. The highest BCUT2D eigenvalue weighted by atomic mass is 16.7. The molecule has 98 valence electrons. The second kappa shape index (κ2) is 6.71. The van der Waals surface area contributed by atoms with E-state index in [0.717, 1.165) is 0 Å². The Hall–Kier alpha value is -0.940. The SMILES string of the molecule is CCOC(=O)CC(=O)CCCC1(C)OCCO1. The lowest BCUT2D eigenvalue weighted by Crippen LogP contribution is -2.25. The van der Waals surface area contributed by atoms with Gasteiger partial charge in [-0.3, -0.25) is 9.59 Å². The molecule has 0 aromatic heterocycles. The number of Topliss-reactive ketones (excluding diaryl/α,β-unsaturated/α-hetero) is 1. The molecule has 0 aromatic carbocycles. The summed E-state index contributed by atoms with van der Waals surface area (Å²) in [7, 11) is 0. The molecule has 0 spiro atoms. The van der Waals surface area contributed by atoms with Crippen LogP contribution in [0.2, 0.25) is 0 Å². The first-order valence-corrected chi connectivity index (χ1v) is 6.01. The first-order chi connectivity index (χ1) is 8.06. The molecule has 1 rings (SSSR count). The van der Waals surface area contributed by atoms with Crippen LogP contribution in [0.4, 0.5) is 0 Å². The summed E-state index contributed by atoms with van der Waals surface area (Å²) in [4.78, 5) is 22.5. The summed E-state index contributed by atoms with van der Waals surface area (Å²) in [6, 6.07) is 0. The number of esters is 1. The zero-order valence-electron chi connectivity index (χ0n) is 10.5. The minimum Gasteiger partial charge on any atom is -0.466 e. The summed E-state index contributed by atoms with van der Waals surface area (Å²) in [5.41, 5.74) is 0. The van der Waals surface area contributed by atoms with Crippen LogP contribution in [0.25, 0.3) is 0 Å². The Labute approximate surface area is 101 Å². The van der Waals surface area contributed by atoms with Crippen molar-refractivity contribution in [3.63, 3.8) is 0 Å². The van der Waals surface area contributed by atoms with E-state index in [1.165, 1.54) is 0 Å². The van der Waals surface area contributed by atoms with Crippen molar-refractivity contribution in [2.45, 2.75) is 45.3 Å². The molecule has 17 heavy (non-hydrogen) atoms. The van der Waals surface area contributed by atoms with E-state index in [2.05, 4.69) is 0 Å². The van der Waals surface area contributed by atoms with Gasteiger partial charge in [0.2, 0.25) is 0 Å². The Kier molecular flexibility index (Phi) is 5.58. The quantitative estimate of drug-likeness (QED) is 0.501. The number of rotatable bonds is 7. The van der Waals surface area contributed by atoms with Crippen molar-refractivity contribution in [2.75, 3.05) is 19.8 Å². The lowest BCUT2D eigenvalue weighted by molar-refractivity contribution is -0.149. The van der Waals surface area contributed by atoms with E-state index in [1.54, 1.807) is 6.92 Å². The number of hydrogen-bond acceptors (Lipinski definition) is 5. The fourth-order valence-electron chi connectivity index (χ4n) is 1.77. The third-order valence-electron chi connectivity index (χ3n) is 2.63. The molecule has 1 heterocycles. The maximum atomic E-state index is 11.4. The van der Waals surface area contributed by atoms with Crippen molar-refractivity contribution < 1.29 is 23.8 Å². The van der Waals surface area contributed by atoms with Gasteiger partial charge < -0.3 is 14.2 Å². The molecule has 1 saturated heterocycles. The highest BCUT2D eigenvalue weighted by molar-refractivity contribution is 5.95. The van der Waals surface area contributed by atoms with Gasteiger partial charge in [-0.25, -0.2) is 0 Å². The van der Waals surface area contributed by atoms with Gasteiger partial charge in [0.15, 0.2) is 5.79 Å². The monoisotopic (exact) mass is 244 g/mol. The molecule has 0 N–H and O–H groups in total. The number of hydrogen-bond donors (Lipinski definition) is 0. The number of ketones is 1. The normalized spacial score (nSPS) is 18.0. The van der Waals surface area contributed by atoms with Crippen molar-refractivity contribution in [1.82, 2.24) is 0 Å². The van der Waals surface area contributed by atoms with Crippen LogP contribution in [0.15, 0.2) is 0 Å². The fourth-order valence-corrected chi connectivity index (χ4v) is 1.77. The Morgan fingerprint density at radius 3 is 2.53 bits per heavy atom. The molecule has 5 nitrogen and oxygen atoms in total. The zero-order chi connectivity index (χ0) is 12.7. The van der Waals surface area contributed by atoms with E-state index in [9.17, 15) is 9.59 Å². The summed E-state index contributed by atoms with van der Waals surface area (Å²) in [6.45, 7) is 5.11. The van der Waals surface area contributed by atoms with Gasteiger partial charge in [0.05, 0.1) is 19.8 Å². The molecule has 0 bridgehead atoms. The van der Waals surface area contributed by atoms with E-state index in [-0.39, 0.29) is 12.2 Å². The Morgan fingerprint density at radius 2 is 1.94 bits per heavy atom. The number of carbonyl (C=O) groups excluding carboxylic acids is 2. The molecule has 0 amide bonds. The largest absolute Gasteiger partial charge is 0.466 e. The van der Waals surface area contributed by atoms with Gasteiger partial charge in [0.25, 0.3) is 0 Å². The third-order valence-corrected chi connectivity index (χ3v) is 2.63. The number of carbonyl (C=O) groups is 2. The van der Waals surface area contributed by atoms with Crippen LogP contribution < -0.4 is 0 Å². The van der Waals surface area contributed by atoms with Crippen LogP contribution in [-0.2, 0) is 23.8 Å². The predicted octanol–water partition coefficient (Wildman–Crippen LogP) is 1.44. The summed E-state index contributed by atoms with van der Waals surface area (Å²) >= 11 is 0. The molecular formula is C12H20O5. The maximum absolute atomic E-state index is 11.4. The average Bonchev–Trinajstić information content (AvgIpc) is 2.65. The average molecular weight is 244 g/mol. The van der Waals surface area contributed by atoms with Crippen LogP contribution in [0.1, 0.15) is 39.5 Å². The fraction of sp³-hybridized carbons (Fsp3) is 0.833. The summed E-state index contributed by atoms with van der Waals surface area (Å²) in [5, 5.41) is 0. The Bertz CT molecular complexity index is 268. The summed E-state index contributed by atoms with van der Waals surface area (Å²) in [5.74, 6) is -1.09. The van der Waals surface area contributed by atoms with Crippen molar-refractivity contribution in [1.29, 1.82) is 0 Å². The molecule has 5 heteroatoms. The van der Waals surface area contributed by atoms with Crippen LogP contribution >= 0.6 is 0 Å². The second-order valence-corrected chi connectivity index (χ2v) is 4.20. The van der Waals surface area contributed by atoms with E-state index in [0.29, 0.717) is 39.1 Å². The molecule has 0 aliphatic carbocycles. The molecule has 0 atom stereocenters. The highest BCUT2D eigenvalue weighted by Gasteiger charge is 2.30. The standard InChI is InChI=1S/C12H20O5/c1-3-15-11(14)9-10(13)5-4-6-12(2)16-7-8-17-12/h3-9H2,1-2H3. The van der Waals surface area contributed by atoms with Gasteiger partial charge in [-0.2, -0.15) is 0 Å². The zero-order valence-corrected chi connectivity index (χ0v) is 10.5. The lowest BCUT2D eigenvalue weighted by Gasteiger charge is -2.21. The van der Waals surface area contributed by atoms with Gasteiger partial charge in [0.1, 0.15) is 12.2 Å². The van der Waals surface area contributed by atoms with Crippen LogP contribution in [-0.4, -0.2) is 37.4 Å². The molecule has 0 saturated carbocycles. The predicted molar refractivity (Wildman–Crippen MR) is 60.4 cm³/mol. The van der Waals surface area contributed by atoms with Crippen molar-refractivity contribution in [3.05, 3.63) is 0 Å². The van der Waals surface area contributed by atoms with Crippen molar-refractivity contribution in [2.24, 2.45) is 0 Å². The van der Waals surface area contributed by atoms with Crippen LogP contribution in [0.3, 0.4) is 0 Å². The lowest BCUT2D eigenvalue weighted by atomic mass is 10.1. The van der Waals surface area contributed by atoms with Gasteiger partial charge in [-0.05, 0) is 20.3 Å². The van der Waals surface area contributed by atoms with Crippen LogP contribution in [0.5, 0.6) is 0 Å². The molecule has 0 unspecified atom stereocenters. The maximum Gasteiger partial charge on any atom is 0.313 e. The highest BCUT2D eigenvalue weighted by Crippen LogP contribution is 2.24. The van der Waals surface area contributed by atoms with Gasteiger partial charge in [0, 0.05) is 12.8 Å². The number of ether oxygens (including phenoxy) is 3. The van der Waals surface area contributed by atoms with Gasteiger partial charge in [-0.15, -0.1) is 0 Å². The Morgan fingerprint density at radius 1 is 1.29 bits per heavy atom. The molecule has 1 fully saturated rings. The molecule has 0 aromatic rings. The van der Waals surface area contributed by atoms with Gasteiger partial charge >= 0.3 is 5.97 Å². The van der Waals surface area contributed by atoms with E-state index in [1.807, 2.05) is 6.92 Å². The molecule has 1 aliphatic heterocycles. The molecule has 1 aliphatic rings. The van der Waals surface area contributed by atoms with E-state index < -0.39 is 11.8 Å². The van der Waals surface area contributed by atoms with Crippen LogP contribution in [0, 0.1) is 0 Å². The third kappa shape index (κ3) is 5.28. The summed E-state index contributed by atoms with van der Waals surface area (Å²) < 4.78 is 15.5. The summed E-state index contributed by atoms with van der Waals surface area (Å²) in [6.07, 6.45) is 1.56.